The third-order valence-electron chi connectivity index (χ3n) is 12.8. The third kappa shape index (κ3) is 66.7. The summed E-state index contributed by atoms with van der Waals surface area (Å²) in [6.07, 6.45) is 105. The van der Waals surface area contributed by atoms with E-state index in [4.69, 9.17) is 14.2 Å². The molecule has 6 heteroatoms. The topological polar surface area (TPSA) is 78.9 Å². The number of hydrogen-bond acceptors (Lipinski definition) is 6. The molecule has 0 bridgehead atoms. The van der Waals surface area contributed by atoms with Gasteiger partial charge < -0.3 is 14.2 Å². The highest BCUT2D eigenvalue weighted by Gasteiger charge is 2.19. The van der Waals surface area contributed by atoms with Crippen LogP contribution >= 0.6 is 0 Å². The second-order valence-electron chi connectivity index (χ2n) is 20.5. The Morgan fingerprint density at radius 1 is 0.241 bits per heavy atom. The number of carbonyl (C=O) groups is 3. The number of unbranched alkanes of at least 4 members (excludes halogenated alkanes) is 11. The van der Waals surface area contributed by atoms with Gasteiger partial charge >= 0.3 is 17.9 Å². The number of hydrogen-bond donors (Lipinski definition) is 0. The van der Waals surface area contributed by atoms with Gasteiger partial charge in [-0.15, -0.1) is 0 Å². The molecule has 0 saturated carbocycles. The number of esters is 3. The smallest absolute Gasteiger partial charge is 0.306 e. The van der Waals surface area contributed by atoms with Crippen molar-refractivity contribution in [2.45, 2.75) is 245 Å². The van der Waals surface area contributed by atoms with Crippen LogP contribution in [0.15, 0.2) is 207 Å². The minimum Gasteiger partial charge on any atom is -0.462 e. The molecule has 6 nitrogen and oxygen atoms in total. The first-order chi connectivity index (χ1) is 41.0. The van der Waals surface area contributed by atoms with E-state index in [0.717, 1.165) is 173 Å². The lowest BCUT2D eigenvalue weighted by Gasteiger charge is -2.18. The molecule has 0 aliphatic heterocycles. The standard InChI is InChI=1S/C77H116O6/c1-4-7-10-13-16-19-22-25-28-31-34-36-38-40-43-46-49-52-55-58-61-64-67-70-76(79)82-73-74(72-81-75(78)69-66-63-60-57-54-51-48-45-42-33-30-27-24-21-18-15-12-9-6-3)83-77(80)71-68-65-62-59-56-53-50-47-44-41-39-37-35-32-29-26-23-20-17-14-11-8-5-2/h7-12,16-21,25-30,34-37,40-45,49,51-52,54,60,63,74H,4-6,13-15,22-24,31-33,38-39,46-48,50,53,55-59,61-62,64-73H2,1-3H3/b10-7-,11-8-,12-9-,19-16-,20-17-,21-18-,28-25-,29-26-,30-27-,36-34-,37-35-,43-40-,44-41-,45-42-,52-49-,54-51-,63-60-. The van der Waals surface area contributed by atoms with E-state index in [-0.39, 0.29) is 44.0 Å². The van der Waals surface area contributed by atoms with Crippen molar-refractivity contribution in [3.05, 3.63) is 207 Å². The first kappa shape index (κ1) is 77.0. The van der Waals surface area contributed by atoms with Crippen molar-refractivity contribution in [1.82, 2.24) is 0 Å². The average Bonchev–Trinajstić information content (AvgIpc) is 3.49. The largest absolute Gasteiger partial charge is 0.462 e. The molecule has 0 aliphatic rings. The summed E-state index contributed by atoms with van der Waals surface area (Å²) in [5.41, 5.74) is 0. The average molecular weight is 1140 g/mol. The van der Waals surface area contributed by atoms with E-state index in [2.05, 4.69) is 215 Å². The summed E-state index contributed by atoms with van der Waals surface area (Å²) in [6.45, 7) is 6.19. The molecule has 0 amide bonds. The first-order valence-electron chi connectivity index (χ1n) is 32.6. The van der Waals surface area contributed by atoms with Crippen LogP contribution in [0.1, 0.15) is 239 Å². The molecule has 0 radical (unpaired) electrons. The Labute approximate surface area is 509 Å². The molecule has 0 aromatic carbocycles. The van der Waals surface area contributed by atoms with Gasteiger partial charge in [-0.3, -0.25) is 14.4 Å². The Hall–Kier alpha value is -6.01. The molecule has 0 heterocycles. The van der Waals surface area contributed by atoms with E-state index in [1.165, 1.54) is 19.3 Å². The van der Waals surface area contributed by atoms with Crippen LogP contribution < -0.4 is 0 Å². The van der Waals surface area contributed by atoms with Crippen LogP contribution in [-0.4, -0.2) is 37.2 Å². The summed E-state index contributed by atoms with van der Waals surface area (Å²) in [5.74, 6) is -1.06. The second kappa shape index (κ2) is 68.5. The number of carbonyl (C=O) groups excluding carboxylic acids is 3. The zero-order valence-corrected chi connectivity index (χ0v) is 52.6. The van der Waals surface area contributed by atoms with Gasteiger partial charge in [0.05, 0.1) is 0 Å². The summed E-state index contributed by atoms with van der Waals surface area (Å²) < 4.78 is 16.8. The van der Waals surface area contributed by atoms with Crippen molar-refractivity contribution in [2.24, 2.45) is 0 Å². The van der Waals surface area contributed by atoms with E-state index in [0.29, 0.717) is 12.8 Å². The molecule has 0 aromatic heterocycles. The maximum atomic E-state index is 12.9. The minimum atomic E-state index is -0.842. The zero-order valence-electron chi connectivity index (χ0n) is 52.6. The molecule has 83 heavy (non-hydrogen) atoms. The van der Waals surface area contributed by atoms with Crippen LogP contribution in [0, 0.1) is 0 Å². The van der Waals surface area contributed by atoms with Gasteiger partial charge in [0.25, 0.3) is 0 Å². The summed E-state index contributed by atoms with van der Waals surface area (Å²) >= 11 is 0. The van der Waals surface area contributed by atoms with Gasteiger partial charge in [-0.2, -0.15) is 0 Å². The SMILES string of the molecule is CC/C=C\C/C=C\C/C=C\C/C=C\C/C=C\C/C=C\CCCCCCC(=O)OCC(COC(=O)CC/C=C\C/C=C\C/C=C\C/C=C\C/C=C\C/C=C\CC)OC(=O)CCCCCCCCC/C=C\C/C=C\C/C=C\C/C=C\C/C=C\CC. The normalized spacial score (nSPS) is 13.5. The van der Waals surface area contributed by atoms with E-state index >= 15 is 0 Å². The predicted octanol–water partition coefficient (Wildman–Crippen LogP) is 22.8. The van der Waals surface area contributed by atoms with Crippen molar-refractivity contribution in [2.75, 3.05) is 13.2 Å². The first-order valence-corrected chi connectivity index (χ1v) is 32.6. The molecule has 460 valence electrons. The molecule has 0 rings (SSSR count). The van der Waals surface area contributed by atoms with Crippen LogP contribution in [-0.2, 0) is 28.6 Å². The van der Waals surface area contributed by atoms with Crippen LogP contribution in [0.5, 0.6) is 0 Å². The molecule has 0 spiro atoms. The molecule has 0 aromatic rings. The lowest BCUT2D eigenvalue weighted by atomic mass is 10.1. The van der Waals surface area contributed by atoms with Crippen LogP contribution in [0.25, 0.3) is 0 Å². The van der Waals surface area contributed by atoms with Gasteiger partial charge in [-0.05, 0) is 154 Å². The molecule has 0 fully saturated rings. The Bertz CT molecular complexity index is 2030. The van der Waals surface area contributed by atoms with Crippen molar-refractivity contribution in [3.8, 4) is 0 Å². The van der Waals surface area contributed by atoms with Gasteiger partial charge in [0.1, 0.15) is 13.2 Å². The van der Waals surface area contributed by atoms with Crippen molar-refractivity contribution >= 4 is 17.9 Å². The Balaban J connectivity index is 4.61. The molecule has 0 aliphatic carbocycles. The fourth-order valence-electron chi connectivity index (χ4n) is 8.03. The number of allylic oxidation sites excluding steroid dienone is 34. The highest BCUT2D eigenvalue weighted by Crippen LogP contribution is 2.13. The van der Waals surface area contributed by atoms with Crippen LogP contribution in [0.4, 0.5) is 0 Å². The Morgan fingerprint density at radius 3 is 0.747 bits per heavy atom. The van der Waals surface area contributed by atoms with E-state index in [9.17, 15) is 14.4 Å². The summed E-state index contributed by atoms with van der Waals surface area (Å²) in [7, 11) is 0. The summed E-state index contributed by atoms with van der Waals surface area (Å²) in [4.78, 5) is 38.4. The highest BCUT2D eigenvalue weighted by molar-refractivity contribution is 5.71. The Morgan fingerprint density at radius 2 is 0.458 bits per heavy atom. The summed E-state index contributed by atoms with van der Waals surface area (Å²) in [5, 5.41) is 0. The fraction of sp³-hybridized carbons (Fsp3) is 0.519. The van der Waals surface area contributed by atoms with E-state index < -0.39 is 6.10 Å². The molecule has 0 saturated heterocycles. The maximum Gasteiger partial charge on any atom is 0.306 e. The molecule has 0 N–H and O–H groups in total. The van der Waals surface area contributed by atoms with Gasteiger partial charge in [0.2, 0.25) is 0 Å². The zero-order chi connectivity index (χ0) is 59.9. The minimum absolute atomic E-state index is 0.132. The maximum absolute atomic E-state index is 12.9. The monoisotopic (exact) mass is 1140 g/mol. The second-order valence-corrected chi connectivity index (χ2v) is 20.5. The summed E-state index contributed by atoms with van der Waals surface area (Å²) in [6, 6.07) is 0. The number of rotatable bonds is 56. The molecule has 1 atom stereocenters. The molecular weight excluding hydrogens is 1020 g/mol. The van der Waals surface area contributed by atoms with Crippen molar-refractivity contribution < 1.29 is 28.6 Å². The number of ether oxygens (including phenoxy) is 3. The fourth-order valence-corrected chi connectivity index (χ4v) is 8.03. The molecule has 1 unspecified atom stereocenters. The van der Waals surface area contributed by atoms with Gasteiger partial charge in [-0.1, -0.05) is 272 Å². The lowest BCUT2D eigenvalue weighted by Crippen LogP contribution is -2.30. The highest BCUT2D eigenvalue weighted by atomic mass is 16.6. The van der Waals surface area contributed by atoms with E-state index in [1.807, 2.05) is 12.2 Å². The third-order valence-corrected chi connectivity index (χ3v) is 12.8. The van der Waals surface area contributed by atoms with Gasteiger partial charge in [0.15, 0.2) is 6.10 Å². The van der Waals surface area contributed by atoms with Crippen LogP contribution in [0.2, 0.25) is 0 Å². The van der Waals surface area contributed by atoms with Crippen molar-refractivity contribution in [1.29, 1.82) is 0 Å². The molecular formula is C77H116O6. The quantitative estimate of drug-likeness (QED) is 0.0261. The van der Waals surface area contributed by atoms with E-state index in [1.54, 1.807) is 0 Å². The van der Waals surface area contributed by atoms with Crippen LogP contribution in [0.3, 0.4) is 0 Å². The predicted molar refractivity (Wildman–Crippen MR) is 361 cm³/mol. The Kier molecular flexibility index (Phi) is 63.5. The lowest BCUT2D eigenvalue weighted by molar-refractivity contribution is -0.166. The van der Waals surface area contributed by atoms with Gasteiger partial charge in [-0.25, -0.2) is 0 Å². The van der Waals surface area contributed by atoms with Crippen molar-refractivity contribution in [3.63, 3.8) is 0 Å². The van der Waals surface area contributed by atoms with Gasteiger partial charge in [0, 0.05) is 19.3 Å².